The molecule has 0 aliphatic carbocycles. The molecule has 0 radical (unpaired) electrons. The van der Waals surface area contributed by atoms with E-state index >= 15 is 0 Å². The number of alkyl halides is 6. The molecule has 0 aromatic heterocycles. The summed E-state index contributed by atoms with van der Waals surface area (Å²) in [6, 6.07) is 11.5. The smallest absolute Gasteiger partial charge is 0.432 e. The van der Waals surface area contributed by atoms with Crippen LogP contribution in [0, 0.1) is 0 Å². The molecular formula is C28H29F6NO6. The van der Waals surface area contributed by atoms with E-state index in [-0.39, 0.29) is 19.3 Å². The molecule has 0 unspecified atom stereocenters. The fraction of sp³-hybridized carbons (Fsp3) is 0.500. The second-order valence-corrected chi connectivity index (χ2v) is 10.1. The highest BCUT2D eigenvalue weighted by molar-refractivity contribution is 5.83. The molecule has 0 amide bonds. The molecule has 224 valence electrons. The van der Waals surface area contributed by atoms with Crippen LogP contribution in [0.15, 0.2) is 60.7 Å². The normalized spacial score (nSPS) is 26.1. The van der Waals surface area contributed by atoms with Crippen LogP contribution in [0.4, 0.5) is 26.3 Å². The molecule has 0 N–H and O–H groups in total. The van der Waals surface area contributed by atoms with E-state index < -0.39 is 70.9 Å². The number of carbonyl (C=O) groups excluding carboxylic acids is 2. The number of nitrogens with zero attached hydrogens (tertiary/aromatic N) is 1. The first kappa shape index (κ1) is 30.8. The van der Waals surface area contributed by atoms with Gasteiger partial charge in [-0.2, -0.15) is 26.3 Å². The monoisotopic (exact) mass is 589 g/mol. The molecule has 0 spiro atoms. The van der Waals surface area contributed by atoms with Crippen LogP contribution in [-0.4, -0.2) is 74.7 Å². The van der Waals surface area contributed by atoms with Crippen molar-refractivity contribution in [2.24, 2.45) is 0 Å². The topological polar surface area (TPSA) is 74.3 Å². The van der Waals surface area contributed by atoms with Crippen LogP contribution < -0.4 is 0 Å². The number of hydrogen-bond acceptors (Lipinski definition) is 7. The summed E-state index contributed by atoms with van der Waals surface area (Å²) in [5.41, 5.74) is -7.71. The third kappa shape index (κ3) is 5.19. The molecule has 0 saturated carbocycles. The van der Waals surface area contributed by atoms with E-state index in [9.17, 15) is 35.9 Å². The highest BCUT2D eigenvalue weighted by Crippen LogP contribution is 2.47. The summed E-state index contributed by atoms with van der Waals surface area (Å²) >= 11 is 0. The molecule has 2 heterocycles. The maximum Gasteiger partial charge on any atom is 0.432 e. The standard InChI is InChI=1S/C28H29F6NO6/c1-35-19-14-20(40-23(36)25(38-2,27(29,30)31)17-10-6-4-7-11-17)16-21(35)22(15-19)41-24(37)26(39-3,28(32,33)34)18-12-8-5-9-13-18/h4-13,19-22H,14-16H2,1-3H3/t19-,20-,21+,22+,25-,26-/m0/s1. The summed E-state index contributed by atoms with van der Waals surface area (Å²) in [6.45, 7) is 0. The molecule has 2 fully saturated rings. The number of halogens is 6. The number of carbonyl (C=O) groups is 2. The Morgan fingerprint density at radius 2 is 1.15 bits per heavy atom. The zero-order valence-corrected chi connectivity index (χ0v) is 22.4. The number of ether oxygens (including phenoxy) is 4. The number of piperidine rings is 1. The van der Waals surface area contributed by atoms with Crippen LogP contribution in [0.3, 0.4) is 0 Å². The lowest BCUT2D eigenvalue weighted by molar-refractivity contribution is -0.280. The lowest BCUT2D eigenvalue weighted by atomic mass is 9.92. The quantitative estimate of drug-likeness (QED) is 0.321. The summed E-state index contributed by atoms with van der Waals surface area (Å²) in [6.07, 6.45) is -12.4. The van der Waals surface area contributed by atoms with E-state index in [0.717, 1.165) is 38.5 Å². The Hall–Kier alpha value is -3.16. The minimum Gasteiger partial charge on any atom is -0.460 e. The van der Waals surface area contributed by atoms with Gasteiger partial charge in [0, 0.05) is 50.7 Å². The second-order valence-electron chi connectivity index (χ2n) is 10.1. The minimum absolute atomic E-state index is 0.0760. The Kier molecular flexibility index (Phi) is 8.45. The highest BCUT2D eigenvalue weighted by atomic mass is 19.4. The first-order valence-corrected chi connectivity index (χ1v) is 12.7. The molecular weight excluding hydrogens is 560 g/mol. The predicted molar refractivity (Wildman–Crippen MR) is 131 cm³/mol. The Bertz CT molecular complexity index is 1220. The maximum atomic E-state index is 14.3. The van der Waals surface area contributed by atoms with E-state index in [1.165, 1.54) is 36.4 Å². The van der Waals surface area contributed by atoms with Crippen LogP contribution in [-0.2, 0) is 39.7 Å². The first-order valence-electron chi connectivity index (χ1n) is 12.7. The van der Waals surface area contributed by atoms with Crippen molar-refractivity contribution >= 4 is 11.9 Å². The number of likely N-dealkylation sites (N-methyl/N-ethyl adjacent to an activating group) is 1. The van der Waals surface area contributed by atoms with Crippen LogP contribution >= 0.6 is 0 Å². The van der Waals surface area contributed by atoms with Gasteiger partial charge in [0.2, 0.25) is 0 Å². The van der Waals surface area contributed by atoms with Crippen molar-refractivity contribution in [2.75, 3.05) is 21.3 Å². The molecule has 7 nitrogen and oxygen atoms in total. The minimum atomic E-state index is -5.17. The molecule has 2 saturated heterocycles. The summed E-state index contributed by atoms with van der Waals surface area (Å²) in [5, 5.41) is 0. The van der Waals surface area contributed by atoms with Crippen molar-refractivity contribution in [2.45, 2.75) is 67.1 Å². The molecule has 2 aromatic carbocycles. The number of benzene rings is 2. The zero-order chi connectivity index (χ0) is 30.2. The molecule has 13 heteroatoms. The van der Waals surface area contributed by atoms with Gasteiger partial charge in [0.15, 0.2) is 0 Å². The van der Waals surface area contributed by atoms with Gasteiger partial charge in [-0.1, -0.05) is 60.7 Å². The fourth-order valence-corrected chi connectivity index (χ4v) is 5.83. The fourth-order valence-electron chi connectivity index (χ4n) is 5.83. The Morgan fingerprint density at radius 3 is 1.56 bits per heavy atom. The molecule has 4 rings (SSSR count). The molecule has 41 heavy (non-hydrogen) atoms. The van der Waals surface area contributed by atoms with Gasteiger partial charge in [0.25, 0.3) is 11.2 Å². The average Bonchev–Trinajstić information content (AvgIpc) is 3.06. The van der Waals surface area contributed by atoms with Gasteiger partial charge in [0.1, 0.15) is 12.2 Å². The number of methoxy groups -OCH3 is 2. The van der Waals surface area contributed by atoms with Gasteiger partial charge in [-0.15, -0.1) is 0 Å². The van der Waals surface area contributed by atoms with Crippen LogP contribution in [0.25, 0.3) is 0 Å². The average molecular weight is 590 g/mol. The van der Waals surface area contributed by atoms with E-state index in [1.54, 1.807) is 11.9 Å². The third-order valence-electron chi connectivity index (χ3n) is 7.95. The molecule has 6 atom stereocenters. The van der Waals surface area contributed by atoms with Gasteiger partial charge in [-0.05, 0) is 7.05 Å². The third-order valence-corrected chi connectivity index (χ3v) is 7.95. The summed E-state index contributed by atoms with van der Waals surface area (Å²) in [4.78, 5) is 28.1. The van der Waals surface area contributed by atoms with Crippen molar-refractivity contribution < 1.29 is 54.9 Å². The number of rotatable bonds is 8. The lowest BCUT2D eigenvalue weighted by Crippen LogP contribution is -2.54. The van der Waals surface area contributed by atoms with E-state index in [2.05, 4.69) is 0 Å². The predicted octanol–water partition coefficient (Wildman–Crippen LogP) is 4.88. The molecule has 2 aliphatic rings. The number of hydrogen-bond donors (Lipinski definition) is 0. The molecule has 2 aliphatic heterocycles. The Balaban J connectivity index is 1.56. The summed E-state index contributed by atoms with van der Waals surface area (Å²) in [7, 11) is 3.17. The van der Waals surface area contributed by atoms with Crippen molar-refractivity contribution in [3.05, 3.63) is 71.8 Å². The van der Waals surface area contributed by atoms with E-state index in [4.69, 9.17) is 18.9 Å². The van der Waals surface area contributed by atoms with E-state index in [0.29, 0.717) is 0 Å². The Morgan fingerprint density at radius 1 is 0.707 bits per heavy atom. The van der Waals surface area contributed by atoms with Gasteiger partial charge in [-0.25, -0.2) is 9.59 Å². The number of fused-ring (bicyclic) bond motifs is 2. The Labute approximate surface area is 232 Å². The van der Waals surface area contributed by atoms with Gasteiger partial charge in [-0.3, -0.25) is 4.90 Å². The zero-order valence-electron chi connectivity index (χ0n) is 22.4. The molecule has 2 aromatic rings. The van der Waals surface area contributed by atoms with Gasteiger partial charge >= 0.3 is 24.3 Å². The van der Waals surface area contributed by atoms with E-state index in [1.807, 2.05) is 0 Å². The van der Waals surface area contributed by atoms with Crippen molar-refractivity contribution in [3.8, 4) is 0 Å². The summed E-state index contributed by atoms with van der Waals surface area (Å²) in [5.74, 6) is -3.33. The maximum absolute atomic E-state index is 14.3. The second kappa shape index (κ2) is 11.3. The molecule has 2 bridgehead atoms. The van der Waals surface area contributed by atoms with Crippen molar-refractivity contribution in [1.82, 2.24) is 4.90 Å². The largest absolute Gasteiger partial charge is 0.460 e. The van der Waals surface area contributed by atoms with Gasteiger partial charge in [0.05, 0.1) is 6.04 Å². The SMILES string of the molecule is CO[C@](C(=O)O[C@H]1C[C@H]2C[C@@H](OC(=O)[C@@](OC)(c3ccccc3)C(F)(F)F)[C@@H](C1)N2C)(c1ccccc1)C(F)(F)F. The van der Waals surface area contributed by atoms with Crippen LogP contribution in [0.1, 0.15) is 30.4 Å². The van der Waals surface area contributed by atoms with Crippen LogP contribution in [0.5, 0.6) is 0 Å². The summed E-state index contributed by atoms with van der Waals surface area (Å²) < 4.78 is 106. The van der Waals surface area contributed by atoms with Crippen LogP contribution in [0.2, 0.25) is 0 Å². The van der Waals surface area contributed by atoms with Gasteiger partial charge < -0.3 is 18.9 Å². The lowest BCUT2D eigenvalue weighted by Gasteiger charge is -2.39. The van der Waals surface area contributed by atoms with Crippen molar-refractivity contribution in [3.63, 3.8) is 0 Å². The number of esters is 2. The van der Waals surface area contributed by atoms with Crippen molar-refractivity contribution in [1.29, 1.82) is 0 Å². The highest BCUT2D eigenvalue weighted by Gasteiger charge is 2.66. The first-order chi connectivity index (χ1) is 19.2.